The molecule has 0 saturated carbocycles. The Bertz CT molecular complexity index is 1170. The number of nitrogens with zero attached hydrogens (tertiary/aromatic N) is 1. The van der Waals surface area contributed by atoms with Crippen molar-refractivity contribution in [2.24, 2.45) is 0 Å². The zero-order chi connectivity index (χ0) is 21.7. The molecule has 7 heteroatoms. The Morgan fingerprint density at radius 1 is 0.967 bits per heavy atom. The number of allylic oxidation sites excluding steroid dienone is 1. The summed E-state index contributed by atoms with van der Waals surface area (Å²) in [5.41, 5.74) is 1.94. The summed E-state index contributed by atoms with van der Waals surface area (Å²) in [6.45, 7) is 0. The van der Waals surface area contributed by atoms with Gasteiger partial charge in [-0.15, -0.1) is 0 Å². The second-order valence-electron chi connectivity index (χ2n) is 6.05. The van der Waals surface area contributed by atoms with Crippen LogP contribution in [0.25, 0.3) is 11.6 Å². The molecule has 0 atom stereocenters. The first-order valence-electron chi connectivity index (χ1n) is 8.65. The molecule has 0 bridgehead atoms. The van der Waals surface area contributed by atoms with Crippen LogP contribution < -0.4 is 9.47 Å². The van der Waals surface area contributed by atoms with Crippen molar-refractivity contribution in [1.29, 1.82) is 5.26 Å². The number of esters is 1. The molecule has 0 N–H and O–H groups in total. The first kappa shape index (κ1) is 21.7. The van der Waals surface area contributed by atoms with Crippen molar-refractivity contribution in [2.75, 3.05) is 7.11 Å². The van der Waals surface area contributed by atoms with Crippen molar-refractivity contribution in [1.82, 2.24) is 0 Å². The lowest BCUT2D eigenvalue weighted by Gasteiger charge is -2.12. The number of ether oxygens (including phenoxy) is 2. The molecule has 0 aliphatic carbocycles. The molecule has 0 aliphatic heterocycles. The highest BCUT2D eigenvalue weighted by Crippen LogP contribution is 2.35. The van der Waals surface area contributed by atoms with Crippen LogP contribution in [-0.4, -0.2) is 13.1 Å². The van der Waals surface area contributed by atoms with Gasteiger partial charge < -0.3 is 9.47 Å². The van der Waals surface area contributed by atoms with E-state index in [-0.39, 0.29) is 26.4 Å². The van der Waals surface area contributed by atoms with E-state index in [9.17, 15) is 10.1 Å². The summed E-state index contributed by atoms with van der Waals surface area (Å²) in [7, 11) is 1.45. The van der Waals surface area contributed by atoms with E-state index in [1.54, 1.807) is 24.3 Å². The highest BCUT2D eigenvalue weighted by Gasteiger charge is 2.21. The molecule has 0 radical (unpaired) electrons. The van der Waals surface area contributed by atoms with E-state index < -0.39 is 5.97 Å². The molecule has 0 fully saturated rings. The van der Waals surface area contributed by atoms with Crippen molar-refractivity contribution in [3.05, 3.63) is 92.4 Å². The van der Waals surface area contributed by atoms with Gasteiger partial charge in [0.15, 0.2) is 11.5 Å². The second-order valence-corrected chi connectivity index (χ2v) is 7.25. The molecule has 0 spiro atoms. The van der Waals surface area contributed by atoms with E-state index in [4.69, 9.17) is 44.3 Å². The number of halogens is 3. The highest BCUT2D eigenvalue weighted by atomic mass is 35.5. The smallest absolute Gasteiger partial charge is 0.346 e. The molecule has 0 amide bonds. The van der Waals surface area contributed by atoms with Gasteiger partial charge in [-0.1, -0.05) is 71.2 Å². The lowest BCUT2D eigenvalue weighted by molar-refractivity contribution is 0.0730. The van der Waals surface area contributed by atoms with Gasteiger partial charge in [-0.25, -0.2) is 4.79 Å². The molecule has 0 heterocycles. The molecule has 0 saturated heterocycles. The molecule has 3 aromatic carbocycles. The Hall–Kier alpha value is -2.97. The third-order valence-electron chi connectivity index (χ3n) is 4.15. The maximum Gasteiger partial charge on any atom is 0.346 e. The quantitative estimate of drug-likeness (QED) is 0.137. The lowest BCUT2D eigenvalue weighted by Crippen LogP contribution is -2.11. The van der Waals surface area contributed by atoms with Crippen molar-refractivity contribution in [3.63, 3.8) is 0 Å². The van der Waals surface area contributed by atoms with Crippen LogP contribution in [0.3, 0.4) is 0 Å². The summed E-state index contributed by atoms with van der Waals surface area (Å²) in [5.74, 6) is -0.294. The average Bonchev–Trinajstić information content (AvgIpc) is 2.76. The molecule has 0 aromatic heterocycles. The third-order valence-corrected chi connectivity index (χ3v) is 5.27. The molecule has 3 aromatic rings. The van der Waals surface area contributed by atoms with Gasteiger partial charge >= 0.3 is 5.97 Å². The van der Waals surface area contributed by atoms with Gasteiger partial charge in [-0.3, -0.25) is 0 Å². The largest absolute Gasteiger partial charge is 0.493 e. The van der Waals surface area contributed by atoms with Gasteiger partial charge in [0.25, 0.3) is 0 Å². The van der Waals surface area contributed by atoms with Crippen molar-refractivity contribution >= 4 is 52.4 Å². The Balaban J connectivity index is 1.92. The summed E-state index contributed by atoms with van der Waals surface area (Å²) >= 11 is 18.2. The van der Waals surface area contributed by atoms with Crippen LogP contribution in [0.15, 0.2) is 60.7 Å². The Morgan fingerprint density at radius 2 is 1.67 bits per heavy atom. The van der Waals surface area contributed by atoms with E-state index in [0.29, 0.717) is 16.9 Å². The summed E-state index contributed by atoms with van der Waals surface area (Å²) in [4.78, 5) is 12.6. The van der Waals surface area contributed by atoms with Crippen molar-refractivity contribution in [2.45, 2.75) is 0 Å². The standard InChI is InChI=1S/C23H14Cl3NO3/c1-29-20-12-14(11-16(13-27)15-5-3-2-4-6-15)7-10-19(20)30-23(28)21-17(24)8-9-18(25)22(21)26/h2-12H,1H3. The molecular formula is C23H14Cl3NO3. The topological polar surface area (TPSA) is 59.3 Å². The maximum atomic E-state index is 12.6. The maximum absolute atomic E-state index is 12.6. The number of hydrogen-bond donors (Lipinski definition) is 0. The highest BCUT2D eigenvalue weighted by molar-refractivity contribution is 6.46. The van der Waals surface area contributed by atoms with Gasteiger partial charge in [0, 0.05) is 0 Å². The van der Waals surface area contributed by atoms with Gasteiger partial charge in [0.05, 0.1) is 39.4 Å². The Morgan fingerprint density at radius 3 is 2.33 bits per heavy atom. The summed E-state index contributed by atoms with van der Waals surface area (Å²) in [6, 6.07) is 19.3. The minimum atomic E-state index is -0.768. The second kappa shape index (κ2) is 9.69. The fourth-order valence-electron chi connectivity index (χ4n) is 2.69. The van der Waals surface area contributed by atoms with Crippen molar-refractivity contribution < 1.29 is 14.3 Å². The average molecular weight is 459 g/mol. The van der Waals surface area contributed by atoms with Gasteiger partial charge in [0.1, 0.15) is 0 Å². The Kier molecular flexibility index (Phi) is 7.02. The number of nitriles is 1. The molecule has 0 aliphatic rings. The third kappa shape index (κ3) is 4.77. The zero-order valence-electron chi connectivity index (χ0n) is 15.7. The van der Waals surface area contributed by atoms with Crippen LogP contribution in [0, 0.1) is 11.3 Å². The monoisotopic (exact) mass is 457 g/mol. The van der Waals surface area contributed by atoms with Crippen LogP contribution >= 0.6 is 34.8 Å². The van der Waals surface area contributed by atoms with Crippen LogP contribution in [0.5, 0.6) is 11.5 Å². The van der Waals surface area contributed by atoms with Crippen LogP contribution in [0.4, 0.5) is 0 Å². The fraction of sp³-hybridized carbons (Fsp3) is 0.0435. The summed E-state index contributed by atoms with van der Waals surface area (Å²) in [6.07, 6.45) is 1.72. The van der Waals surface area contributed by atoms with E-state index in [2.05, 4.69) is 6.07 Å². The molecule has 30 heavy (non-hydrogen) atoms. The summed E-state index contributed by atoms with van der Waals surface area (Å²) < 4.78 is 10.8. The van der Waals surface area contributed by atoms with Gasteiger partial charge in [0.2, 0.25) is 0 Å². The summed E-state index contributed by atoms with van der Waals surface area (Å²) in [5, 5.41) is 9.80. The van der Waals surface area contributed by atoms with Crippen molar-refractivity contribution in [3.8, 4) is 17.6 Å². The number of carbonyl (C=O) groups is 1. The van der Waals surface area contributed by atoms with Crippen LogP contribution in [0.2, 0.25) is 15.1 Å². The first-order chi connectivity index (χ1) is 14.4. The predicted octanol–water partition coefficient (Wildman–Crippen LogP) is 6.94. The minimum Gasteiger partial charge on any atom is -0.493 e. The zero-order valence-corrected chi connectivity index (χ0v) is 17.9. The van der Waals surface area contributed by atoms with E-state index in [1.165, 1.54) is 19.2 Å². The number of carbonyl (C=O) groups excluding carboxylic acids is 1. The van der Waals surface area contributed by atoms with E-state index >= 15 is 0 Å². The Labute approximate surface area is 188 Å². The normalized spacial score (nSPS) is 11.0. The predicted molar refractivity (Wildman–Crippen MR) is 119 cm³/mol. The number of benzene rings is 3. The van der Waals surface area contributed by atoms with E-state index in [1.807, 2.05) is 30.3 Å². The minimum absolute atomic E-state index is 0.00853. The van der Waals surface area contributed by atoms with Gasteiger partial charge in [-0.2, -0.15) is 5.26 Å². The molecule has 3 rings (SSSR count). The molecule has 150 valence electrons. The molecule has 4 nitrogen and oxygen atoms in total. The van der Waals surface area contributed by atoms with Crippen LogP contribution in [-0.2, 0) is 0 Å². The lowest BCUT2D eigenvalue weighted by atomic mass is 10.0. The first-order valence-corrected chi connectivity index (χ1v) is 9.79. The number of methoxy groups -OCH3 is 1. The molecule has 0 unspecified atom stereocenters. The van der Waals surface area contributed by atoms with Gasteiger partial charge in [-0.05, 0) is 41.5 Å². The number of hydrogen-bond acceptors (Lipinski definition) is 4. The SMILES string of the molecule is COc1cc(C=C(C#N)c2ccccc2)ccc1OC(=O)c1c(Cl)ccc(Cl)c1Cl. The van der Waals surface area contributed by atoms with Crippen LogP contribution in [0.1, 0.15) is 21.5 Å². The fourth-order valence-corrected chi connectivity index (χ4v) is 3.37. The van der Waals surface area contributed by atoms with E-state index in [0.717, 1.165) is 5.56 Å². The molecular weight excluding hydrogens is 445 g/mol. The number of rotatable bonds is 5.